The number of carbonyl (C=O) groups is 3. The molecule has 0 saturated heterocycles. The SMILES string of the molecule is CCOC(=O)c1nc(COC(=O)c2ccccc2NC(=O)NC(C)C)cs1. The first kappa shape index (κ1) is 20.4. The lowest BCUT2D eigenvalue weighted by atomic mass is 10.2. The van der Waals surface area contributed by atoms with E-state index < -0.39 is 18.0 Å². The number of ether oxygens (including phenoxy) is 2. The zero-order chi connectivity index (χ0) is 19.8. The van der Waals surface area contributed by atoms with Crippen LogP contribution in [0.25, 0.3) is 0 Å². The molecule has 0 spiro atoms. The topological polar surface area (TPSA) is 107 Å². The predicted octanol–water partition coefficient (Wildman–Crippen LogP) is 3.21. The van der Waals surface area contributed by atoms with E-state index in [4.69, 9.17) is 9.47 Å². The second-order valence-electron chi connectivity index (χ2n) is 5.74. The first-order valence-electron chi connectivity index (χ1n) is 8.36. The van der Waals surface area contributed by atoms with Gasteiger partial charge in [-0.2, -0.15) is 0 Å². The molecule has 0 aliphatic heterocycles. The maximum Gasteiger partial charge on any atom is 0.367 e. The fraction of sp³-hybridized carbons (Fsp3) is 0.333. The molecule has 0 aliphatic rings. The van der Waals surface area contributed by atoms with Gasteiger partial charge in [0.2, 0.25) is 5.01 Å². The Hall–Kier alpha value is -2.94. The molecule has 0 radical (unpaired) electrons. The number of carbonyl (C=O) groups excluding carboxylic acids is 3. The van der Waals surface area contributed by atoms with Gasteiger partial charge in [0.25, 0.3) is 0 Å². The lowest BCUT2D eigenvalue weighted by Crippen LogP contribution is -2.34. The van der Waals surface area contributed by atoms with Crippen molar-refractivity contribution in [3.63, 3.8) is 0 Å². The molecule has 27 heavy (non-hydrogen) atoms. The van der Waals surface area contributed by atoms with Gasteiger partial charge >= 0.3 is 18.0 Å². The molecule has 1 aromatic carbocycles. The molecule has 0 fully saturated rings. The summed E-state index contributed by atoms with van der Waals surface area (Å²) in [5.41, 5.74) is 1.00. The number of para-hydroxylation sites is 1. The van der Waals surface area contributed by atoms with Crippen LogP contribution in [-0.2, 0) is 16.1 Å². The van der Waals surface area contributed by atoms with Gasteiger partial charge in [0.1, 0.15) is 6.61 Å². The van der Waals surface area contributed by atoms with Crippen molar-refractivity contribution in [1.82, 2.24) is 10.3 Å². The van der Waals surface area contributed by atoms with E-state index in [1.54, 1.807) is 36.6 Å². The van der Waals surface area contributed by atoms with Gasteiger partial charge in [-0.25, -0.2) is 19.4 Å². The summed E-state index contributed by atoms with van der Waals surface area (Å²) in [6.45, 7) is 5.54. The Balaban J connectivity index is 2.00. The number of thiazole rings is 1. The largest absolute Gasteiger partial charge is 0.461 e. The predicted molar refractivity (Wildman–Crippen MR) is 101 cm³/mol. The molecule has 144 valence electrons. The third-order valence-electron chi connectivity index (χ3n) is 3.17. The second kappa shape index (κ2) is 9.67. The summed E-state index contributed by atoms with van der Waals surface area (Å²) in [5.74, 6) is -1.12. The van der Waals surface area contributed by atoms with Crippen LogP contribution in [0.1, 0.15) is 46.6 Å². The van der Waals surface area contributed by atoms with Crippen molar-refractivity contribution in [1.29, 1.82) is 0 Å². The van der Waals surface area contributed by atoms with Crippen LogP contribution in [0.15, 0.2) is 29.6 Å². The Bertz CT molecular complexity index is 819. The molecule has 0 bridgehead atoms. The lowest BCUT2D eigenvalue weighted by Gasteiger charge is -2.13. The van der Waals surface area contributed by atoms with Gasteiger partial charge in [-0.1, -0.05) is 12.1 Å². The van der Waals surface area contributed by atoms with Crippen molar-refractivity contribution in [3.8, 4) is 0 Å². The number of benzene rings is 1. The van der Waals surface area contributed by atoms with E-state index >= 15 is 0 Å². The average Bonchev–Trinajstić information content (AvgIpc) is 3.09. The standard InChI is InChI=1S/C18H21N3O5S/c1-4-25-17(23)15-20-12(10-27-15)9-26-16(22)13-7-5-6-8-14(13)21-18(24)19-11(2)3/h5-8,10-11H,4,9H2,1-3H3,(H2,19,21,24). The third-order valence-corrected chi connectivity index (χ3v) is 4.04. The van der Waals surface area contributed by atoms with Crippen LogP contribution in [0.2, 0.25) is 0 Å². The lowest BCUT2D eigenvalue weighted by molar-refractivity contribution is 0.0469. The van der Waals surface area contributed by atoms with Crippen LogP contribution < -0.4 is 10.6 Å². The van der Waals surface area contributed by atoms with Crippen LogP contribution in [-0.4, -0.2) is 35.6 Å². The molecule has 9 heteroatoms. The highest BCUT2D eigenvalue weighted by Gasteiger charge is 2.17. The highest BCUT2D eigenvalue weighted by molar-refractivity contribution is 7.11. The van der Waals surface area contributed by atoms with E-state index in [-0.39, 0.29) is 29.8 Å². The van der Waals surface area contributed by atoms with Crippen LogP contribution in [0, 0.1) is 0 Å². The number of anilines is 1. The Morgan fingerprint density at radius 3 is 2.59 bits per heavy atom. The minimum Gasteiger partial charge on any atom is -0.461 e. The second-order valence-corrected chi connectivity index (χ2v) is 6.60. The van der Waals surface area contributed by atoms with Crippen LogP contribution >= 0.6 is 11.3 Å². The quantitative estimate of drug-likeness (QED) is 0.702. The van der Waals surface area contributed by atoms with E-state index in [0.29, 0.717) is 11.4 Å². The molecule has 0 saturated carbocycles. The van der Waals surface area contributed by atoms with Crippen molar-refractivity contribution in [2.75, 3.05) is 11.9 Å². The van der Waals surface area contributed by atoms with E-state index in [1.165, 1.54) is 0 Å². The van der Waals surface area contributed by atoms with Gasteiger partial charge in [0, 0.05) is 11.4 Å². The molecule has 0 unspecified atom stereocenters. The first-order valence-corrected chi connectivity index (χ1v) is 9.23. The highest BCUT2D eigenvalue weighted by atomic mass is 32.1. The van der Waals surface area contributed by atoms with Crippen molar-refractivity contribution in [3.05, 3.63) is 45.9 Å². The van der Waals surface area contributed by atoms with Gasteiger partial charge in [-0.3, -0.25) is 0 Å². The molecule has 8 nitrogen and oxygen atoms in total. The third kappa shape index (κ3) is 6.07. The van der Waals surface area contributed by atoms with Crippen molar-refractivity contribution in [2.24, 2.45) is 0 Å². The summed E-state index contributed by atoms with van der Waals surface area (Å²) in [7, 11) is 0. The summed E-state index contributed by atoms with van der Waals surface area (Å²) in [6, 6.07) is 6.08. The number of aromatic nitrogens is 1. The van der Waals surface area contributed by atoms with Crippen LogP contribution in [0.4, 0.5) is 10.5 Å². The van der Waals surface area contributed by atoms with E-state index in [9.17, 15) is 14.4 Å². The fourth-order valence-electron chi connectivity index (χ4n) is 2.07. The Morgan fingerprint density at radius 1 is 1.15 bits per heavy atom. The summed E-state index contributed by atoms with van der Waals surface area (Å²) in [4.78, 5) is 39.9. The number of hydrogen-bond donors (Lipinski definition) is 2. The summed E-state index contributed by atoms with van der Waals surface area (Å²) < 4.78 is 10.1. The van der Waals surface area contributed by atoms with Crippen molar-refractivity contribution < 1.29 is 23.9 Å². The Morgan fingerprint density at radius 2 is 1.89 bits per heavy atom. The maximum atomic E-state index is 12.4. The minimum atomic E-state index is -0.610. The normalized spacial score (nSPS) is 10.4. The molecule has 2 aromatic rings. The van der Waals surface area contributed by atoms with Crippen molar-refractivity contribution >= 4 is 35.0 Å². The van der Waals surface area contributed by atoms with Crippen LogP contribution in [0.3, 0.4) is 0 Å². The fourth-order valence-corrected chi connectivity index (χ4v) is 2.76. The number of esters is 2. The highest BCUT2D eigenvalue weighted by Crippen LogP contribution is 2.18. The van der Waals surface area contributed by atoms with Gasteiger partial charge in [0.05, 0.1) is 23.6 Å². The molecule has 2 amide bonds. The number of nitrogens with zero attached hydrogens (tertiary/aromatic N) is 1. The number of nitrogens with one attached hydrogen (secondary N) is 2. The molecule has 2 N–H and O–H groups in total. The van der Waals surface area contributed by atoms with Crippen molar-refractivity contribution in [2.45, 2.75) is 33.4 Å². The zero-order valence-electron chi connectivity index (χ0n) is 15.3. The monoisotopic (exact) mass is 391 g/mol. The number of amides is 2. The molecular formula is C18H21N3O5S. The van der Waals surface area contributed by atoms with E-state index in [0.717, 1.165) is 11.3 Å². The number of hydrogen-bond acceptors (Lipinski definition) is 7. The van der Waals surface area contributed by atoms with Gasteiger partial charge < -0.3 is 20.1 Å². The minimum absolute atomic E-state index is 0.0395. The van der Waals surface area contributed by atoms with E-state index in [2.05, 4.69) is 15.6 Å². The molecule has 1 heterocycles. The Kier molecular flexibility index (Phi) is 7.30. The summed E-state index contributed by atoms with van der Waals surface area (Å²) in [5, 5.41) is 7.14. The zero-order valence-corrected chi connectivity index (χ0v) is 16.1. The average molecular weight is 391 g/mol. The molecule has 1 aromatic heterocycles. The van der Waals surface area contributed by atoms with E-state index in [1.807, 2.05) is 13.8 Å². The molecule has 2 rings (SSSR count). The van der Waals surface area contributed by atoms with Gasteiger partial charge in [0.15, 0.2) is 0 Å². The van der Waals surface area contributed by atoms with Gasteiger partial charge in [-0.05, 0) is 32.9 Å². The first-order chi connectivity index (χ1) is 12.9. The summed E-state index contributed by atoms with van der Waals surface area (Å²) in [6.07, 6.45) is 0. The molecule has 0 aliphatic carbocycles. The van der Waals surface area contributed by atoms with Gasteiger partial charge in [-0.15, -0.1) is 11.3 Å². The number of rotatable bonds is 7. The van der Waals surface area contributed by atoms with Crippen LogP contribution in [0.5, 0.6) is 0 Å². The molecular weight excluding hydrogens is 370 g/mol. The Labute approximate surface area is 160 Å². The summed E-state index contributed by atoms with van der Waals surface area (Å²) >= 11 is 1.12. The maximum absolute atomic E-state index is 12.4. The molecule has 0 atom stereocenters. The number of urea groups is 1. The smallest absolute Gasteiger partial charge is 0.367 e.